The minimum atomic E-state index is 0.232. The van der Waals surface area contributed by atoms with Gasteiger partial charge in [0.25, 0.3) is 0 Å². The fourth-order valence-electron chi connectivity index (χ4n) is 4.23. The summed E-state index contributed by atoms with van der Waals surface area (Å²) in [6, 6.07) is 0.654. The van der Waals surface area contributed by atoms with Gasteiger partial charge in [-0.1, -0.05) is 0 Å². The van der Waals surface area contributed by atoms with Gasteiger partial charge in [0.15, 0.2) is 0 Å². The van der Waals surface area contributed by atoms with E-state index in [-0.39, 0.29) is 5.54 Å². The van der Waals surface area contributed by atoms with Crippen molar-refractivity contribution >= 4 is 0 Å². The zero-order valence-corrected chi connectivity index (χ0v) is 14.3. The fraction of sp³-hybridized carbons (Fsp3) is 1.00. The van der Waals surface area contributed by atoms with E-state index in [0.29, 0.717) is 12.0 Å². The first kappa shape index (κ1) is 17.2. The van der Waals surface area contributed by atoms with Gasteiger partial charge in [-0.05, 0) is 65.0 Å². The standard InChI is InChI=1S/C17H35N3O/c1-15(2)19-9-5-7-17(14-18,8-11-19)20-10-4-6-16(12-20)13-21-3/h15-16H,4-14,18H2,1-3H3. The van der Waals surface area contributed by atoms with Crippen LogP contribution in [-0.2, 0) is 4.74 Å². The molecule has 0 aromatic carbocycles. The third-order valence-corrected chi connectivity index (χ3v) is 5.65. The van der Waals surface area contributed by atoms with E-state index in [2.05, 4.69) is 23.6 Å². The topological polar surface area (TPSA) is 41.7 Å². The summed E-state index contributed by atoms with van der Waals surface area (Å²) in [5.41, 5.74) is 6.52. The van der Waals surface area contributed by atoms with Gasteiger partial charge in [-0.3, -0.25) is 4.90 Å². The maximum Gasteiger partial charge on any atom is 0.0502 e. The van der Waals surface area contributed by atoms with Crippen LogP contribution in [0.3, 0.4) is 0 Å². The van der Waals surface area contributed by atoms with Crippen LogP contribution in [0.25, 0.3) is 0 Å². The first-order chi connectivity index (χ1) is 10.1. The van der Waals surface area contributed by atoms with E-state index in [1.165, 1.54) is 58.3 Å². The second kappa shape index (κ2) is 7.91. The van der Waals surface area contributed by atoms with Crippen LogP contribution in [0, 0.1) is 5.92 Å². The number of ether oxygens (including phenoxy) is 1. The van der Waals surface area contributed by atoms with Crippen molar-refractivity contribution in [3.8, 4) is 0 Å². The lowest BCUT2D eigenvalue weighted by Crippen LogP contribution is -2.57. The number of methoxy groups -OCH3 is 1. The predicted octanol–water partition coefficient (Wildman–Crippen LogP) is 1.94. The van der Waals surface area contributed by atoms with Crippen molar-refractivity contribution in [1.82, 2.24) is 9.80 Å². The van der Waals surface area contributed by atoms with Gasteiger partial charge in [0.05, 0.1) is 6.61 Å². The van der Waals surface area contributed by atoms with Crippen LogP contribution in [0.4, 0.5) is 0 Å². The van der Waals surface area contributed by atoms with Gasteiger partial charge in [-0.2, -0.15) is 0 Å². The molecule has 0 aliphatic carbocycles. The molecule has 2 fully saturated rings. The van der Waals surface area contributed by atoms with Gasteiger partial charge in [0, 0.05) is 38.3 Å². The summed E-state index contributed by atoms with van der Waals surface area (Å²) in [5.74, 6) is 0.691. The molecule has 0 amide bonds. The molecule has 0 bridgehead atoms. The summed E-state index contributed by atoms with van der Waals surface area (Å²) in [6.07, 6.45) is 6.36. The SMILES string of the molecule is COCC1CCCN(C2(CN)CCCN(C(C)C)CC2)C1. The summed E-state index contributed by atoms with van der Waals surface area (Å²) in [7, 11) is 1.82. The smallest absolute Gasteiger partial charge is 0.0502 e. The number of likely N-dealkylation sites (tertiary alicyclic amines) is 2. The Morgan fingerprint density at radius 3 is 2.67 bits per heavy atom. The van der Waals surface area contributed by atoms with Crippen molar-refractivity contribution in [2.75, 3.05) is 46.4 Å². The molecule has 2 rings (SSSR count). The van der Waals surface area contributed by atoms with Crippen molar-refractivity contribution in [2.45, 2.75) is 57.5 Å². The van der Waals surface area contributed by atoms with Gasteiger partial charge in [-0.25, -0.2) is 0 Å². The van der Waals surface area contributed by atoms with Crippen molar-refractivity contribution in [2.24, 2.45) is 11.7 Å². The predicted molar refractivity (Wildman–Crippen MR) is 88.5 cm³/mol. The minimum absolute atomic E-state index is 0.232. The Morgan fingerprint density at radius 2 is 2.00 bits per heavy atom. The highest BCUT2D eigenvalue weighted by atomic mass is 16.5. The summed E-state index contributed by atoms with van der Waals surface area (Å²) in [5, 5.41) is 0. The Labute approximate surface area is 131 Å². The quantitative estimate of drug-likeness (QED) is 0.842. The highest BCUT2D eigenvalue weighted by Crippen LogP contribution is 2.32. The molecule has 21 heavy (non-hydrogen) atoms. The van der Waals surface area contributed by atoms with E-state index in [1.807, 2.05) is 7.11 Å². The third-order valence-electron chi connectivity index (χ3n) is 5.65. The number of nitrogens with two attached hydrogens (primary N) is 1. The lowest BCUT2D eigenvalue weighted by atomic mass is 9.85. The van der Waals surface area contributed by atoms with Gasteiger partial charge in [0.2, 0.25) is 0 Å². The van der Waals surface area contributed by atoms with E-state index in [9.17, 15) is 0 Å². The van der Waals surface area contributed by atoms with Gasteiger partial charge < -0.3 is 15.4 Å². The molecule has 0 saturated carbocycles. The molecular weight excluding hydrogens is 262 g/mol. The zero-order valence-electron chi connectivity index (χ0n) is 14.3. The Bertz CT molecular complexity index is 308. The van der Waals surface area contributed by atoms with E-state index in [1.54, 1.807) is 0 Å². The van der Waals surface area contributed by atoms with E-state index < -0.39 is 0 Å². The highest BCUT2D eigenvalue weighted by Gasteiger charge is 2.39. The number of rotatable bonds is 5. The Balaban J connectivity index is 2.02. The second-order valence-electron chi connectivity index (χ2n) is 7.32. The first-order valence-electron chi connectivity index (χ1n) is 8.79. The average Bonchev–Trinajstić information content (AvgIpc) is 2.71. The number of nitrogens with zero attached hydrogens (tertiary/aromatic N) is 2. The van der Waals surface area contributed by atoms with Crippen molar-refractivity contribution in [1.29, 1.82) is 0 Å². The molecule has 4 heteroatoms. The molecule has 4 nitrogen and oxygen atoms in total. The summed E-state index contributed by atoms with van der Waals surface area (Å²) in [6.45, 7) is 11.1. The van der Waals surface area contributed by atoms with Crippen LogP contribution in [0.1, 0.15) is 46.0 Å². The van der Waals surface area contributed by atoms with Crippen LogP contribution in [-0.4, -0.2) is 67.8 Å². The third kappa shape index (κ3) is 4.19. The molecular formula is C17H35N3O. The molecule has 0 radical (unpaired) electrons. The second-order valence-corrected chi connectivity index (χ2v) is 7.32. The van der Waals surface area contributed by atoms with Gasteiger partial charge in [-0.15, -0.1) is 0 Å². The fourth-order valence-corrected chi connectivity index (χ4v) is 4.23. The highest BCUT2D eigenvalue weighted by molar-refractivity contribution is 4.96. The van der Waals surface area contributed by atoms with Crippen LogP contribution < -0.4 is 5.73 Å². The van der Waals surface area contributed by atoms with Crippen LogP contribution in [0.2, 0.25) is 0 Å². The van der Waals surface area contributed by atoms with E-state index >= 15 is 0 Å². The lowest BCUT2D eigenvalue weighted by Gasteiger charge is -2.47. The monoisotopic (exact) mass is 297 g/mol. The first-order valence-corrected chi connectivity index (χ1v) is 8.79. The van der Waals surface area contributed by atoms with Crippen LogP contribution in [0.5, 0.6) is 0 Å². The summed E-state index contributed by atoms with van der Waals surface area (Å²) in [4.78, 5) is 5.33. The molecule has 2 unspecified atom stereocenters. The molecule has 0 aromatic heterocycles. The minimum Gasteiger partial charge on any atom is -0.384 e. The summed E-state index contributed by atoms with van der Waals surface area (Å²) < 4.78 is 5.39. The number of hydrogen-bond acceptors (Lipinski definition) is 4. The van der Waals surface area contributed by atoms with Crippen LogP contribution in [0.15, 0.2) is 0 Å². The molecule has 124 valence electrons. The van der Waals surface area contributed by atoms with Crippen LogP contribution >= 0.6 is 0 Å². The van der Waals surface area contributed by atoms with E-state index in [0.717, 1.165) is 13.2 Å². The molecule has 2 heterocycles. The largest absolute Gasteiger partial charge is 0.384 e. The maximum absolute atomic E-state index is 6.29. The average molecular weight is 297 g/mol. The lowest BCUT2D eigenvalue weighted by molar-refractivity contribution is 0.0137. The summed E-state index contributed by atoms with van der Waals surface area (Å²) >= 11 is 0. The Morgan fingerprint density at radius 1 is 1.19 bits per heavy atom. The Hall–Kier alpha value is -0.160. The number of piperidine rings is 1. The molecule has 0 aromatic rings. The molecule has 2 atom stereocenters. The molecule has 0 spiro atoms. The normalized spacial score (nSPS) is 33.3. The number of hydrogen-bond donors (Lipinski definition) is 1. The van der Waals surface area contributed by atoms with Crippen molar-refractivity contribution in [3.63, 3.8) is 0 Å². The molecule has 2 aliphatic rings. The van der Waals surface area contributed by atoms with Crippen molar-refractivity contribution in [3.05, 3.63) is 0 Å². The molecule has 2 aliphatic heterocycles. The van der Waals surface area contributed by atoms with E-state index in [4.69, 9.17) is 10.5 Å². The maximum atomic E-state index is 6.29. The van der Waals surface area contributed by atoms with Crippen molar-refractivity contribution < 1.29 is 4.74 Å². The Kier molecular flexibility index (Phi) is 6.48. The molecule has 2 N–H and O–H groups in total. The molecule has 2 saturated heterocycles. The van der Waals surface area contributed by atoms with Gasteiger partial charge >= 0.3 is 0 Å². The zero-order chi connectivity index (χ0) is 15.3. The van der Waals surface area contributed by atoms with Gasteiger partial charge in [0.1, 0.15) is 0 Å².